The predicted molar refractivity (Wildman–Crippen MR) is 66.4 cm³/mol. The third-order valence-electron chi connectivity index (χ3n) is 3.16. The van der Waals surface area contributed by atoms with E-state index in [0.29, 0.717) is 6.54 Å². The van der Waals surface area contributed by atoms with E-state index in [-0.39, 0.29) is 11.4 Å². The lowest BCUT2D eigenvalue weighted by molar-refractivity contribution is -0.123. The Morgan fingerprint density at radius 1 is 1.38 bits per heavy atom. The number of carbonyl (C=O) groups excluding carboxylic acids is 1. The van der Waals surface area contributed by atoms with Crippen molar-refractivity contribution in [2.24, 2.45) is 0 Å². The average Bonchev–Trinajstić information content (AvgIpc) is 2.45. The number of nitrogens with one attached hydrogen (secondary N) is 2. The van der Waals surface area contributed by atoms with Gasteiger partial charge in [0.1, 0.15) is 0 Å². The van der Waals surface area contributed by atoms with Crippen LogP contribution in [0.1, 0.15) is 33.6 Å². The molecule has 1 heterocycles. The first kappa shape index (κ1) is 13.5. The number of rotatable bonds is 4. The minimum absolute atomic E-state index is 0.0822. The SMILES string of the molecule is CCC(C)(C)NC(=O)CN1CCCNCC1. The Hall–Kier alpha value is -0.610. The molecule has 0 aromatic rings. The third-order valence-corrected chi connectivity index (χ3v) is 3.16. The highest BCUT2D eigenvalue weighted by Crippen LogP contribution is 2.06. The average molecular weight is 227 g/mol. The Kier molecular flexibility index (Phi) is 5.22. The van der Waals surface area contributed by atoms with Crippen LogP contribution in [0.15, 0.2) is 0 Å². The molecule has 0 aromatic carbocycles. The van der Waals surface area contributed by atoms with Crippen molar-refractivity contribution in [2.45, 2.75) is 39.2 Å². The standard InChI is InChI=1S/C12H25N3O/c1-4-12(2,3)14-11(16)10-15-8-5-6-13-7-9-15/h13H,4-10H2,1-3H3,(H,14,16). The summed E-state index contributed by atoms with van der Waals surface area (Å²) >= 11 is 0. The van der Waals surface area contributed by atoms with E-state index in [9.17, 15) is 4.79 Å². The molecular weight excluding hydrogens is 202 g/mol. The van der Waals surface area contributed by atoms with Crippen LogP contribution in [-0.4, -0.2) is 49.1 Å². The van der Waals surface area contributed by atoms with Gasteiger partial charge in [0.05, 0.1) is 6.54 Å². The second-order valence-electron chi connectivity index (χ2n) is 5.17. The topological polar surface area (TPSA) is 44.4 Å². The fourth-order valence-corrected chi connectivity index (χ4v) is 1.77. The number of nitrogens with zero attached hydrogens (tertiary/aromatic N) is 1. The molecule has 0 bridgehead atoms. The van der Waals surface area contributed by atoms with Gasteiger partial charge in [-0.2, -0.15) is 0 Å². The molecule has 1 amide bonds. The van der Waals surface area contributed by atoms with Gasteiger partial charge in [-0.15, -0.1) is 0 Å². The summed E-state index contributed by atoms with van der Waals surface area (Å²) in [4.78, 5) is 14.0. The van der Waals surface area contributed by atoms with E-state index in [4.69, 9.17) is 0 Å². The molecule has 94 valence electrons. The van der Waals surface area contributed by atoms with E-state index in [2.05, 4.69) is 36.3 Å². The first-order valence-electron chi connectivity index (χ1n) is 6.27. The van der Waals surface area contributed by atoms with Gasteiger partial charge in [-0.1, -0.05) is 6.92 Å². The Morgan fingerprint density at radius 2 is 2.12 bits per heavy atom. The molecule has 0 saturated carbocycles. The van der Waals surface area contributed by atoms with Crippen molar-refractivity contribution in [1.29, 1.82) is 0 Å². The molecule has 16 heavy (non-hydrogen) atoms. The molecule has 0 aromatic heterocycles. The second kappa shape index (κ2) is 6.21. The van der Waals surface area contributed by atoms with Crippen molar-refractivity contribution < 1.29 is 4.79 Å². The highest BCUT2D eigenvalue weighted by atomic mass is 16.2. The van der Waals surface area contributed by atoms with Crippen LogP contribution in [0.3, 0.4) is 0 Å². The zero-order valence-corrected chi connectivity index (χ0v) is 10.8. The van der Waals surface area contributed by atoms with Gasteiger partial charge in [-0.3, -0.25) is 9.69 Å². The number of hydrogen-bond acceptors (Lipinski definition) is 3. The van der Waals surface area contributed by atoms with E-state index in [1.807, 2.05) is 0 Å². The van der Waals surface area contributed by atoms with Gasteiger partial charge in [-0.05, 0) is 39.8 Å². The van der Waals surface area contributed by atoms with Gasteiger partial charge in [0.15, 0.2) is 0 Å². The summed E-state index contributed by atoms with van der Waals surface area (Å²) in [7, 11) is 0. The van der Waals surface area contributed by atoms with Gasteiger partial charge < -0.3 is 10.6 Å². The summed E-state index contributed by atoms with van der Waals surface area (Å²) in [6.07, 6.45) is 2.09. The molecule has 0 spiro atoms. The Morgan fingerprint density at radius 3 is 2.81 bits per heavy atom. The summed E-state index contributed by atoms with van der Waals surface area (Å²) in [6, 6.07) is 0. The van der Waals surface area contributed by atoms with Crippen LogP contribution in [-0.2, 0) is 4.79 Å². The quantitative estimate of drug-likeness (QED) is 0.739. The van der Waals surface area contributed by atoms with Crippen LogP contribution in [0.25, 0.3) is 0 Å². The monoisotopic (exact) mass is 227 g/mol. The lowest BCUT2D eigenvalue weighted by Crippen LogP contribution is -2.47. The van der Waals surface area contributed by atoms with Crippen LogP contribution in [0.4, 0.5) is 0 Å². The first-order chi connectivity index (χ1) is 7.53. The smallest absolute Gasteiger partial charge is 0.234 e. The molecule has 4 heteroatoms. The Bertz CT molecular complexity index is 220. The molecular formula is C12H25N3O. The molecule has 0 unspecified atom stereocenters. The van der Waals surface area contributed by atoms with Crippen LogP contribution in [0.2, 0.25) is 0 Å². The summed E-state index contributed by atoms with van der Waals surface area (Å²) < 4.78 is 0. The molecule has 4 nitrogen and oxygen atoms in total. The lowest BCUT2D eigenvalue weighted by atomic mass is 10.0. The van der Waals surface area contributed by atoms with Crippen LogP contribution >= 0.6 is 0 Å². The minimum Gasteiger partial charge on any atom is -0.350 e. The minimum atomic E-state index is -0.0822. The molecule has 0 radical (unpaired) electrons. The second-order valence-corrected chi connectivity index (χ2v) is 5.17. The zero-order chi connectivity index (χ0) is 12.0. The van der Waals surface area contributed by atoms with E-state index >= 15 is 0 Å². The molecule has 1 saturated heterocycles. The van der Waals surface area contributed by atoms with Crippen molar-refractivity contribution in [1.82, 2.24) is 15.5 Å². The van der Waals surface area contributed by atoms with Crippen LogP contribution < -0.4 is 10.6 Å². The number of amides is 1. The molecule has 1 aliphatic rings. The van der Waals surface area contributed by atoms with Gasteiger partial charge in [0.2, 0.25) is 5.91 Å². The maximum Gasteiger partial charge on any atom is 0.234 e. The Labute approximate surface area is 98.8 Å². The highest BCUT2D eigenvalue weighted by molar-refractivity contribution is 5.78. The van der Waals surface area contributed by atoms with E-state index in [1.165, 1.54) is 0 Å². The third kappa shape index (κ3) is 4.94. The fraction of sp³-hybridized carbons (Fsp3) is 0.917. The number of hydrogen-bond donors (Lipinski definition) is 2. The summed E-state index contributed by atoms with van der Waals surface area (Å²) in [5.41, 5.74) is -0.0822. The zero-order valence-electron chi connectivity index (χ0n) is 10.8. The summed E-state index contributed by atoms with van der Waals surface area (Å²) in [6.45, 7) is 10.8. The molecule has 1 aliphatic heterocycles. The van der Waals surface area contributed by atoms with Crippen molar-refractivity contribution >= 4 is 5.91 Å². The van der Waals surface area contributed by atoms with Crippen molar-refractivity contribution in [3.63, 3.8) is 0 Å². The lowest BCUT2D eigenvalue weighted by Gasteiger charge is -2.27. The molecule has 0 atom stereocenters. The number of carbonyl (C=O) groups is 1. The van der Waals surface area contributed by atoms with E-state index in [0.717, 1.165) is 39.0 Å². The molecule has 1 fully saturated rings. The maximum atomic E-state index is 11.8. The van der Waals surface area contributed by atoms with Gasteiger partial charge >= 0.3 is 0 Å². The summed E-state index contributed by atoms with van der Waals surface area (Å²) in [5.74, 6) is 0.147. The highest BCUT2D eigenvalue weighted by Gasteiger charge is 2.19. The maximum absolute atomic E-state index is 11.8. The fourth-order valence-electron chi connectivity index (χ4n) is 1.77. The first-order valence-corrected chi connectivity index (χ1v) is 6.27. The van der Waals surface area contributed by atoms with E-state index < -0.39 is 0 Å². The van der Waals surface area contributed by atoms with Crippen molar-refractivity contribution in [2.75, 3.05) is 32.7 Å². The van der Waals surface area contributed by atoms with Gasteiger partial charge in [-0.25, -0.2) is 0 Å². The Balaban J connectivity index is 2.32. The van der Waals surface area contributed by atoms with Crippen LogP contribution in [0, 0.1) is 0 Å². The molecule has 2 N–H and O–H groups in total. The molecule has 1 rings (SSSR count). The van der Waals surface area contributed by atoms with Gasteiger partial charge in [0.25, 0.3) is 0 Å². The molecule has 0 aliphatic carbocycles. The summed E-state index contributed by atoms with van der Waals surface area (Å²) in [5, 5.41) is 6.41. The predicted octanol–water partition coefficient (Wildman–Crippen LogP) is 0.587. The van der Waals surface area contributed by atoms with Crippen molar-refractivity contribution in [3.8, 4) is 0 Å². The van der Waals surface area contributed by atoms with Crippen LogP contribution in [0.5, 0.6) is 0 Å². The van der Waals surface area contributed by atoms with Crippen molar-refractivity contribution in [3.05, 3.63) is 0 Å². The normalized spacial score (nSPS) is 19.2. The largest absolute Gasteiger partial charge is 0.350 e. The van der Waals surface area contributed by atoms with Gasteiger partial charge in [0, 0.05) is 18.6 Å². The van der Waals surface area contributed by atoms with E-state index in [1.54, 1.807) is 0 Å².